The van der Waals surface area contributed by atoms with Crippen molar-refractivity contribution in [3.05, 3.63) is 59.8 Å². The van der Waals surface area contributed by atoms with Crippen LogP contribution in [0.3, 0.4) is 0 Å². The second kappa shape index (κ2) is 7.92. The minimum atomic E-state index is -0.225. The lowest BCUT2D eigenvalue weighted by atomic mass is 10.2. The molecule has 0 bridgehead atoms. The molecule has 0 saturated heterocycles. The number of anilines is 1. The van der Waals surface area contributed by atoms with Gasteiger partial charge in [-0.1, -0.05) is 11.3 Å². The topological polar surface area (TPSA) is 78.3 Å². The third-order valence-electron chi connectivity index (χ3n) is 4.27. The van der Waals surface area contributed by atoms with Crippen molar-refractivity contribution in [3.8, 4) is 16.6 Å². The zero-order valence-electron chi connectivity index (χ0n) is 16.3. The normalized spacial score (nSPS) is 10.9. The highest BCUT2D eigenvalue weighted by molar-refractivity contribution is 7.20. The number of amides is 1. The molecule has 2 aromatic heterocycles. The van der Waals surface area contributed by atoms with Gasteiger partial charge in [0.25, 0.3) is 5.91 Å². The second-order valence-corrected chi connectivity index (χ2v) is 7.33. The molecule has 0 spiro atoms. The summed E-state index contributed by atoms with van der Waals surface area (Å²) in [5.41, 5.74) is 2.14. The van der Waals surface area contributed by atoms with Gasteiger partial charge in [0.15, 0.2) is 0 Å². The lowest BCUT2D eigenvalue weighted by Crippen LogP contribution is -2.15. The number of ether oxygens (including phenoxy) is 2. The van der Waals surface area contributed by atoms with Crippen molar-refractivity contribution >= 4 is 33.3 Å². The Balaban J connectivity index is 1.62. The molecule has 8 heteroatoms. The number of fused-ring (bicyclic) bond motifs is 1. The summed E-state index contributed by atoms with van der Waals surface area (Å²) in [6.07, 6.45) is 0. The van der Waals surface area contributed by atoms with E-state index in [0.717, 1.165) is 27.4 Å². The molecule has 0 aliphatic rings. The Morgan fingerprint density at radius 3 is 2.62 bits per heavy atom. The monoisotopic (exact) mass is 408 g/mol. The highest BCUT2D eigenvalue weighted by Gasteiger charge is 2.16. The zero-order valence-corrected chi connectivity index (χ0v) is 17.1. The molecule has 2 aromatic carbocycles. The van der Waals surface area contributed by atoms with Crippen LogP contribution in [0.25, 0.3) is 15.3 Å². The molecule has 0 radical (unpaired) electrons. The van der Waals surface area contributed by atoms with Crippen molar-refractivity contribution in [1.29, 1.82) is 0 Å². The van der Waals surface area contributed by atoms with Crippen LogP contribution in [0.5, 0.6) is 11.5 Å². The maximum atomic E-state index is 12.7. The maximum Gasteiger partial charge on any atom is 0.256 e. The summed E-state index contributed by atoms with van der Waals surface area (Å²) in [7, 11) is 1.62. The number of methoxy groups -OCH3 is 1. The van der Waals surface area contributed by atoms with Crippen molar-refractivity contribution in [1.82, 2.24) is 14.8 Å². The minimum absolute atomic E-state index is 0.225. The zero-order chi connectivity index (χ0) is 20.4. The first-order valence-corrected chi connectivity index (χ1v) is 9.95. The fourth-order valence-corrected chi connectivity index (χ4v) is 3.82. The molecule has 0 aliphatic heterocycles. The van der Waals surface area contributed by atoms with Gasteiger partial charge in [-0.2, -0.15) is 9.78 Å². The highest BCUT2D eigenvalue weighted by Crippen LogP contribution is 2.29. The van der Waals surface area contributed by atoms with Crippen LogP contribution in [-0.2, 0) is 0 Å². The van der Waals surface area contributed by atoms with Gasteiger partial charge in [0.05, 0.1) is 29.6 Å². The molecule has 148 valence electrons. The Hall–Kier alpha value is -3.39. The molecule has 1 amide bonds. The number of rotatable bonds is 6. The van der Waals surface area contributed by atoms with Crippen LogP contribution in [-0.4, -0.2) is 34.4 Å². The van der Waals surface area contributed by atoms with Gasteiger partial charge in [-0.05, 0) is 50.2 Å². The molecular formula is C21H20N4O3S. The maximum absolute atomic E-state index is 12.7. The molecule has 4 aromatic rings. The Morgan fingerprint density at radius 1 is 1.14 bits per heavy atom. The van der Waals surface area contributed by atoms with E-state index in [1.165, 1.54) is 11.3 Å². The van der Waals surface area contributed by atoms with E-state index < -0.39 is 0 Å². The number of nitrogens with one attached hydrogen (secondary N) is 1. The summed E-state index contributed by atoms with van der Waals surface area (Å²) in [5.74, 6) is 1.81. The number of aryl methyl sites for hydroxylation is 1. The molecule has 0 aliphatic carbocycles. The van der Waals surface area contributed by atoms with E-state index in [1.54, 1.807) is 36.1 Å². The Morgan fingerprint density at radius 2 is 1.90 bits per heavy atom. The first kappa shape index (κ1) is 18.9. The fraction of sp³-hybridized carbons (Fsp3) is 0.190. The Labute approximate surface area is 171 Å². The van der Waals surface area contributed by atoms with E-state index in [2.05, 4.69) is 15.4 Å². The smallest absolute Gasteiger partial charge is 0.256 e. The second-order valence-electron chi connectivity index (χ2n) is 6.32. The summed E-state index contributed by atoms with van der Waals surface area (Å²) >= 11 is 1.49. The summed E-state index contributed by atoms with van der Waals surface area (Å²) in [4.78, 5) is 17.4. The average Bonchev–Trinajstić information content (AvgIpc) is 3.30. The third kappa shape index (κ3) is 3.93. The molecule has 7 nitrogen and oxygen atoms in total. The number of carbonyl (C=O) groups excluding carboxylic acids is 1. The molecule has 0 fully saturated rings. The van der Waals surface area contributed by atoms with Crippen LogP contribution < -0.4 is 14.8 Å². The summed E-state index contributed by atoms with van der Waals surface area (Å²) in [5, 5.41) is 8.10. The number of nitrogens with zero attached hydrogens (tertiary/aromatic N) is 3. The Bertz CT molecular complexity index is 1160. The standard InChI is InChI=1S/C21H20N4O3S/c1-4-28-15-7-5-14(6-8-15)20(26)23-19-11-13(2)24-25(19)21-22-17-12-16(27-3)9-10-18(17)29-21/h5-12H,4H2,1-3H3,(H,23,26). The van der Waals surface area contributed by atoms with Crippen LogP contribution in [0, 0.1) is 6.92 Å². The number of aromatic nitrogens is 3. The van der Waals surface area contributed by atoms with Crippen LogP contribution in [0.15, 0.2) is 48.5 Å². The Kier molecular flexibility index (Phi) is 5.18. The molecule has 29 heavy (non-hydrogen) atoms. The van der Waals surface area contributed by atoms with Gasteiger partial charge < -0.3 is 14.8 Å². The third-order valence-corrected chi connectivity index (χ3v) is 5.28. The average molecular weight is 408 g/mol. The molecule has 0 saturated carbocycles. The number of hydrogen-bond acceptors (Lipinski definition) is 6. The molecule has 0 atom stereocenters. The van der Waals surface area contributed by atoms with E-state index in [0.29, 0.717) is 23.1 Å². The number of hydrogen-bond donors (Lipinski definition) is 1. The van der Waals surface area contributed by atoms with E-state index >= 15 is 0 Å². The molecule has 4 rings (SSSR count). The van der Waals surface area contributed by atoms with Crippen molar-refractivity contribution in [3.63, 3.8) is 0 Å². The van der Waals surface area contributed by atoms with Gasteiger partial charge in [-0.15, -0.1) is 0 Å². The lowest BCUT2D eigenvalue weighted by molar-refractivity contribution is 0.102. The van der Waals surface area contributed by atoms with Crippen molar-refractivity contribution < 1.29 is 14.3 Å². The number of carbonyl (C=O) groups is 1. The van der Waals surface area contributed by atoms with Crippen LogP contribution in [0.1, 0.15) is 23.0 Å². The van der Waals surface area contributed by atoms with Gasteiger partial charge in [0.2, 0.25) is 5.13 Å². The number of benzene rings is 2. The van der Waals surface area contributed by atoms with Gasteiger partial charge in [0.1, 0.15) is 17.3 Å². The predicted molar refractivity (Wildman–Crippen MR) is 114 cm³/mol. The first-order chi connectivity index (χ1) is 14.1. The van der Waals surface area contributed by atoms with E-state index in [-0.39, 0.29) is 5.91 Å². The van der Waals surface area contributed by atoms with Gasteiger partial charge in [-0.25, -0.2) is 4.98 Å². The highest BCUT2D eigenvalue weighted by atomic mass is 32.1. The first-order valence-electron chi connectivity index (χ1n) is 9.13. The minimum Gasteiger partial charge on any atom is -0.497 e. The predicted octanol–water partition coefficient (Wildman–Crippen LogP) is 4.45. The molecule has 1 N–H and O–H groups in total. The quantitative estimate of drug-likeness (QED) is 0.510. The van der Waals surface area contributed by atoms with E-state index in [1.807, 2.05) is 38.1 Å². The van der Waals surface area contributed by atoms with Crippen LogP contribution >= 0.6 is 11.3 Å². The molecule has 0 unspecified atom stereocenters. The van der Waals surface area contributed by atoms with E-state index in [9.17, 15) is 4.79 Å². The summed E-state index contributed by atoms with van der Waals surface area (Å²) in [6, 6.07) is 14.6. The van der Waals surface area contributed by atoms with Crippen molar-refractivity contribution in [2.75, 3.05) is 19.0 Å². The van der Waals surface area contributed by atoms with Gasteiger partial charge in [0, 0.05) is 17.7 Å². The molecular weight excluding hydrogens is 388 g/mol. The fourth-order valence-electron chi connectivity index (χ4n) is 2.90. The lowest BCUT2D eigenvalue weighted by Gasteiger charge is -2.07. The van der Waals surface area contributed by atoms with Crippen LogP contribution in [0.4, 0.5) is 5.82 Å². The van der Waals surface area contributed by atoms with E-state index in [4.69, 9.17) is 9.47 Å². The van der Waals surface area contributed by atoms with Crippen molar-refractivity contribution in [2.24, 2.45) is 0 Å². The van der Waals surface area contributed by atoms with Crippen LogP contribution in [0.2, 0.25) is 0 Å². The number of thiazole rings is 1. The largest absolute Gasteiger partial charge is 0.497 e. The van der Waals surface area contributed by atoms with Crippen molar-refractivity contribution in [2.45, 2.75) is 13.8 Å². The summed E-state index contributed by atoms with van der Waals surface area (Å²) < 4.78 is 13.4. The van der Waals surface area contributed by atoms with Gasteiger partial charge >= 0.3 is 0 Å². The SMILES string of the molecule is CCOc1ccc(C(=O)Nc2cc(C)nn2-c2nc3cc(OC)ccc3s2)cc1. The molecule has 2 heterocycles. The summed E-state index contributed by atoms with van der Waals surface area (Å²) in [6.45, 7) is 4.37. The van der Waals surface area contributed by atoms with Gasteiger partial charge in [-0.3, -0.25) is 4.79 Å².